The lowest BCUT2D eigenvalue weighted by Crippen LogP contribution is -1.85. The molecular weight excluding hydrogens is 168 g/mol. The van der Waals surface area contributed by atoms with Crippen LogP contribution in [0.3, 0.4) is 0 Å². The summed E-state index contributed by atoms with van der Waals surface area (Å²) in [5, 5.41) is 0. The van der Waals surface area contributed by atoms with Crippen LogP contribution >= 0.6 is 0 Å². The molecule has 0 aliphatic carbocycles. The number of unbranched alkanes of at least 4 members (excludes halogenated alkanes) is 1. The fraction of sp³-hybridized carbons (Fsp3) is 0.286. The Kier molecular flexibility index (Phi) is 4.18. The molecule has 14 heavy (non-hydrogen) atoms. The molecule has 1 rings (SSSR count). The summed E-state index contributed by atoms with van der Waals surface area (Å²) in [6.45, 7) is 9.84. The van der Waals surface area contributed by atoms with Crippen molar-refractivity contribution in [3.05, 3.63) is 54.6 Å². The lowest BCUT2D eigenvalue weighted by molar-refractivity contribution is 0.795. The van der Waals surface area contributed by atoms with Gasteiger partial charge in [-0.05, 0) is 29.5 Å². The second-order valence-corrected chi connectivity index (χ2v) is 3.53. The van der Waals surface area contributed by atoms with Gasteiger partial charge in [-0.25, -0.2) is 0 Å². The van der Waals surface area contributed by atoms with Crippen LogP contribution in [0.25, 0.3) is 5.57 Å². The molecule has 0 saturated heterocycles. The maximum Gasteiger partial charge on any atom is -0.0190 e. The average Bonchev–Trinajstić information content (AvgIpc) is 2.26. The summed E-state index contributed by atoms with van der Waals surface area (Å²) >= 11 is 0. The Bertz CT molecular complexity index is 303. The van der Waals surface area contributed by atoms with E-state index < -0.39 is 0 Å². The smallest absolute Gasteiger partial charge is 0.0190 e. The molecule has 0 aliphatic rings. The summed E-state index contributed by atoms with van der Waals surface area (Å²) in [5.41, 5.74) is 3.57. The molecule has 1 aromatic carbocycles. The van der Waals surface area contributed by atoms with Crippen LogP contribution in [0.4, 0.5) is 0 Å². The van der Waals surface area contributed by atoms with E-state index in [-0.39, 0.29) is 0 Å². The fourth-order valence-corrected chi connectivity index (χ4v) is 1.38. The number of rotatable bonds is 5. The summed E-state index contributed by atoms with van der Waals surface area (Å²) < 4.78 is 0. The van der Waals surface area contributed by atoms with Gasteiger partial charge in [0.15, 0.2) is 0 Å². The largest absolute Gasteiger partial charge is 0.0985 e. The standard InChI is InChI=1S/C14H18/c1-4-6-7-13-8-10-14(11-9-13)12(3)5-2/h5,8-11H,2-4,6-7H2,1H3. The number of hydrogen-bond acceptors (Lipinski definition) is 0. The fourth-order valence-electron chi connectivity index (χ4n) is 1.38. The van der Waals surface area contributed by atoms with Crippen molar-refractivity contribution >= 4 is 5.57 Å². The maximum absolute atomic E-state index is 3.92. The highest BCUT2D eigenvalue weighted by Crippen LogP contribution is 2.14. The highest BCUT2D eigenvalue weighted by Gasteiger charge is 1.95. The van der Waals surface area contributed by atoms with Gasteiger partial charge in [0.1, 0.15) is 0 Å². The van der Waals surface area contributed by atoms with Gasteiger partial charge in [0, 0.05) is 0 Å². The average molecular weight is 186 g/mol. The van der Waals surface area contributed by atoms with Gasteiger partial charge in [-0.15, -0.1) is 0 Å². The molecule has 0 fully saturated rings. The quantitative estimate of drug-likeness (QED) is 0.604. The van der Waals surface area contributed by atoms with E-state index in [4.69, 9.17) is 0 Å². The minimum atomic E-state index is 0.993. The van der Waals surface area contributed by atoms with Crippen molar-refractivity contribution in [3.8, 4) is 0 Å². The van der Waals surface area contributed by atoms with Gasteiger partial charge in [-0.3, -0.25) is 0 Å². The van der Waals surface area contributed by atoms with Crippen molar-refractivity contribution in [1.82, 2.24) is 0 Å². The van der Waals surface area contributed by atoms with Crippen molar-refractivity contribution < 1.29 is 0 Å². The van der Waals surface area contributed by atoms with Crippen molar-refractivity contribution in [3.63, 3.8) is 0 Å². The Morgan fingerprint density at radius 1 is 1.29 bits per heavy atom. The monoisotopic (exact) mass is 186 g/mol. The number of hydrogen-bond donors (Lipinski definition) is 0. The SMILES string of the molecule is C=CC(=C)c1ccc(CCCC)cc1. The van der Waals surface area contributed by atoms with Crippen molar-refractivity contribution in [1.29, 1.82) is 0 Å². The summed E-state index contributed by atoms with van der Waals surface area (Å²) in [4.78, 5) is 0. The van der Waals surface area contributed by atoms with E-state index in [1.807, 2.05) is 0 Å². The van der Waals surface area contributed by atoms with Crippen LogP contribution in [0.15, 0.2) is 43.5 Å². The van der Waals surface area contributed by atoms with Crippen LogP contribution in [-0.2, 0) is 6.42 Å². The number of aryl methyl sites for hydroxylation is 1. The zero-order chi connectivity index (χ0) is 10.4. The first-order valence-corrected chi connectivity index (χ1v) is 5.18. The highest BCUT2D eigenvalue weighted by atomic mass is 14.0. The third-order valence-electron chi connectivity index (χ3n) is 2.39. The second kappa shape index (κ2) is 5.43. The van der Waals surface area contributed by atoms with E-state index in [2.05, 4.69) is 44.3 Å². The van der Waals surface area contributed by atoms with E-state index in [1.165, 1.54) is 30.4 Å². The lowest BCUT2D eigenvalue weighted by Gasteiger charge is -2.03. The van der Waals surface area contributed by atoms with Gasteiger partial charge in [0.25, 0.3) is 0 Å². The van der Waals surface area contributed by atoms with Crippen LogP contribution in [0.5, 0.6) is 0 Å². The molecule has 0 aromatic heterocycles. The third-order valence-corrected chi connectivity index (χ3v) is 2.39. The van der Waals surface area contributed by atoms with E-state index >= 15 is 0 Å². The molecule has 0 saturated carbocycles. The Morgan fingerprint density at radius 3 is 2.43 bits per heavy atom. The van der Waals surface area contributed by atoms with E-state index in [9.17, 15) is 0 Å². The predicted octanol–water partition coefficient (Wildman–Crippen LogP) is 4.23. The van der Waals surface area contributed by atoms with Gasteiger partial charge >= 0.3 is 0 Å². The van der Waals surface area contributed by atoms with Gasteiger partial charge in [-0.2, -0.15) is 0 Å². The highest BCUT2D eigenvalue weighted by molar-refractivity contribution is 5.71. The Balaban J connectivity index is 2.68. The minimum absolute atomic E-state index is 0.993. The van der Waals surface area contributed by atoms with E-state index in [0.717, 1.165) is 5.57 Å². The van der Waals surface area contributed by atoms with E-state index in [0.29, 0.717) is 0 Å². The molecule has 0 spiro atoms. The van der Waals surface area contributed by atoms with Gasteiger partial charge < -0.3 is 0 Å². The Morgan fingerprint density at radius 2 is 1.93 bits per heavy atom. The molecule has 0 amide bonds. The van der Waals surface area contributed by atoms with Crippen molar-refractivity contribution in [2.45, 2.75) is 26.2 Å². The molecule has 0 atom stereocenters. The molecule has 74 valence electrons. The molecule has 0 nitrogen and oxygen atoms in total. The topological polar surface area (TPSA) is 0 Å². The molecule has 0 bridgehead atoms. The molecule has 0 heterocycles. The van der Waals surface area contributed by atoms with Crippen LogP contribution in [0, 0.1) is 0 Å². The molecule has 1 aromatic rings. The molecule has 0 unspecified atom stereocenters. The maximum atomic E-state index is 3.92. The van der Waals surface area contributed by atoms with Crippen LogP contribution < -0.4 is 0 Å². The first kappa shape index (κ1) is 10.8. The minimum Gasteiger partial charge on any atom is -0.0985 e. The summed E-state index contributed by atoms with van der Waals surface area (Å²) in [6, 6.07) is 8.60. The summed E-state index contributed by atoms with van der Waals surface area (Å²) in [7, 11) is 0. The first-order valence-electron chi connectivity index (χ1n) is 5.18. The lowest BCUT2D eigenvalue weighted by atomic mass is 10.0. The molecule has 0 aliphatic heterocycles. The van der Waals surface area contributed by atoms with Crippen molar-refractivity contribution in [2.75, 3.05) is 0 Å². The second-order valence-electron chi connectivity index (χ2n) is 3.53. The van der Waals surface area contributed by atoms with E-state index in [1.54, 1.807) is 6.08 Å². The zero-order valence-electron chi connectivity index (χ0n) is 8.92. The Labute approximate surface area is 87.0 Å². The molecular formula is C14H18. The summed E-state index contributed by atoms with van der Waals surface area (Å²) in [6.07, 6.45) is 5.49. The Hall–Kier alpha value is -1.30. The number of allylic oxidation sites excluding steroid dienone is 2. The number of benzene rings is 1. The predicted molar refractivity (Wildman–Crippen MR) is 64.3 cm³/mol. The molecule has 0 radical (unpaired) electrons. The van der Waals surface area contributed by atoms with Gasteiger partial charge in [0.2, 0.25) is 0 Å². The van der Waals surface area contributed by atoms with Crippen LogP contribution in [0.1, 0.15) is 30.9 Å². The van der Waals surface area contributed by atoms with Crippen molar-refractivity contribution in [2.24, 2.45) is 0 Å². The molecule has 0 heteroatoms. The third kappa shape index (κ3) is 2.88. The first-order chi connectivity index (χ1) is 6.77. The van der Waals surface area contributed by atoms with Crippen LogP contribution in [-0.4, -0.2) is 0 Å². The van der Waals surface area contributed by atoms with Gasteiger partial charge in [0.05, 0.1) is 0 Å². The van der Waals surface area contributed by atoms with Gasteiger partial charge in [-0.1, -0.05) is 56.8 Å². The zero-order valence-corrected chi connectivity index (χ0v) is 8.92. The normalized spacial score (nSPS) is 9.79. The molecule has 0 N–H and O–H groups in total. The van der Waals surface area contributed by atoms with Crippen LogP contribution in [0.2, 0.25) is 0 Å². The summed E-state index contributed by atoms with van der Waals surface area (Å²) in [5.74, 6) is 0.